The van der Waals surface area contributed by atoms with Crippen molar-refractivity contribution in [1.82, 2.24) is 0 Å². The molecule has 0 aromatic heterocycles. The van der Waals surface area contributed by atoms with Crippen LogP contribution >= 0.6 is 0 Å². The Hall–Kier alpha value is -1.23. The molecule has 0 spiro atoms. The Bertz CT molecular complexity index is 1240. The molecule has 13 nitrogen and oxygen atoms in total. The first kappa shape index (κ1) is 35.2. The second-order valence-corrected chi connectivity index (χ2v) is 16.3. The molecule has 4 aliphatic carbocycles. The smallest absolute Gasteiger partial charge is 0.331 e. The maximum atomic E-state index is 12.5. The lowest BCUT2D eigenvalue weighted by Crippen LogP contribution is -2.64. The van der Waals surface area contributed by atoms with E-state index >= 15 is 0 Å². The molecule has 7 aliphatic rings. The zero-order valence-electron chi connectivity index (χ0n) is 28.1. The summed E-state index contributed by atoms with van der Waals surface area (Å²) in [5.41, 5.74) is 0.00280. The number of ether oxygens (including phenoxy) is 5. The van der Waals surface area contributed by atoms with E-state index in [0.29, 0.717) is 18.4 Å². The van der Waals surface area contributed by atoms with Gasteiger partial charge in [-0.05, 0) is 99.4 Å². The lowest BCUT2D eigenvalue weighted by atomic mass is 9.43. The monoisotopic (exact) mass is 682 g/mol. The molecule has 4 saturated carbocycles. The molecule has 272 valence electrons. The molecule has 0 aromatic carbocycles. The minimum atomic E-state index is -1.65. The van der Waals surface area contributed by atoms with Crippen molar-refractivity contribution in [3.63, 3.8) is 0 Å². The van der Waals surface area contributed by atoms with Crippen LogP contribution in [-0.4, -0.2) is 128 Å². The van der Waals surface area contributed by atoms with E-state index in [9.17, 15) is 40.5 Å². The lowest BCUT2D eigenvalue weighted by molar-refractivity contribution is -0.360. The molecule has 0 radical (unpaired) electrons. The van der Waals surface area contributed by atoms with Crippen molar-refractivity contribution < 1.29 is 64.2 Å². The maximum Gasteiger partial charge on any atom is 0.331 e. The fourth-order valence-electron chi connectivity index (χ4n) is 11.3. The highest BCUT2D eigenvalue weighted by Crippen LogP contribution is 2.70. The Kier molecular flexibility index (Phi) is 9.36. The highest BCUT2D eigenvalue weighted by atomic mass is 16.7. The largest absolute Gasteiger partial charge is 0.458 e. The SMILES string of the molecule is C[C@@H]1O[C@H](O[C@@H]2CC[C@@]3(C)[C@H](CC[C@H]4[C@@H]3CC[C@]3(C)[C@H](C5=CC(=O)OC5)CC[C@]43O)C2)[C@H](O)[C@H](O)[C@H]1O[C@H]1O[C@@H](CO)[C@H](O)[C@@H](O)[C@@H]1O. The van der Waals surface area contributed by atoms with Crippen molar-refractivity contribution in [2.75, 3.05) is 13.2 Å². The van der Waals surface area contributed by atoms with Crippen LogP contribution in [0.3, 0.4) is 0 Å². The summed E-state index contributed by atoms with van der Waals surface area (Å²) < 4.78 is 28.8. The third-order valence-corrected chi connectivity index (χ3v) is 14.2. The van der Waals surface area contributed by atoms with Gasteiger partial charge in [0.15, 0.2) is 12.6 Å². The van der Waals surface area contributed by atoms with Crippen LogP contribution in [0.2, 0.25) is 0 Å². The molecule has 3 aliphatic heterocycles. The molecular formula is C35H54O13. The quantitative estimate of drug-likeness (QED) is 0.149. The summed E-state index contributed by atoms with van der Waals surface area (Å²) in [6.07, 6.45) is -4.12. The van der Waals surface area contributed by atoms with Gasteiger partial charge in [0.1, 0.15) is 49.3 Å². The van der Waals surface area contributed by atoms with E-state index in [1.165, 1.54) is 0 Å². The summed E-state index contributed by atoms with van der Waals surface area (Å²) in [4.78, 5) is 11.9. The first-order valence-electron chi connectivity index (χ1n) is 17.9. The van der Waals surface area contributed by atoms with E-state index in [1.54, 1.807) is 13.0 Å². The van der Waals surface area contributed by atoms with Crippen LogP contribution < -0.4 is 0 Å². The fourth-order valence-corrected chi connectivity index (χ4v) is 11.3. The van der Waals surface area contributed by atoms with Gasteiger partial charge in [-0.25, -0.2) is 4.79 Å². The van der Waals surface area contributed by atoms with Crippen molar-refractivity contribution in [1.29, 1.82) is 0 Å². The molecule has 0 bridgehead atoms. The molecule has 7 rings (SSSR count). The van der Waals surface area contributed by atoms with Crippen molar-refractivity contribution >= 4 is 5.97 Å². The number of hydrogen-bond donors (Lipinski definition) is 7. The van der Waals surface area contributed by atoms with Gasteiger partial charge in [-0.15, -0.1) is 0 Å². The van der Waals surface area contributed by atoms with Crippen LogP contribution in [0.4, 0.5) is 0 Å². The first-order valence-corrected chi connectivity index (χ1v) is 17.9. The number of esters is 1. The molecule has 13 heteroatoms. The molecule has 6 fully saturated rings. The van der Waals surface area contributed by atoms with E-state index in [-0.39, 0.29) is 34.7 Å². The average Bonchev–Trinajstić information content (AvgIpc) is 3.61. The van der Waals surface area contributed by atoms with E-state index in [1.807, 2.05) is 0 Å². The summed E-state index contributed by atoms with van der Waals surface area (Å²) >= 11 is 0. The predicted molar refractivity (Wildman–Crippen MR) is 166 cm³/mol. The van der Waals surface area contributed by atoms with Gasteiger partial charge in [-0.1, -0.05) is 13.8 Å². The number of carbonyl (C=O) groups is 1. The lowest BCUT2D eigenvalue weighted by Gasteiger charge is -2.64. The minimum absolute atomic E-state index is 0.0345. The molecule has 48 heavy (non-hydrogen) atoms. The number of aliphatic hydroxyl groups is 7. The molecule has 2 saturated heterocycles. The van der Waals surface area contributed by atoms with Crippen molar-refractivity contribution in [3.05, 3.63) is 11.6 Å². The average molecular weight is 683 g/mol. The number of rotatable bonds is 6. The van der Waals surface area contributed by atoms with E-state index in [4.69, 9.17) is 23.7 Å². The fraction of sp³-hybridized carbons (Fsp3) is 0.914. The van der Waals surface area contributed by atoms with Crippen LogP contribution in [0.25, 0.3) is 0 Å². The van der Waals surface area contributed by atoms with Gasteiger partial charge in [0, 0.05) is 11.5 Å². The summed E-state index contributed by atoms with van der Waals surface area (Å²) in [6, 6.07) is 0. The van der Waals surface area contributed by atoms with Gasteiger partial charge in [0.2, 0.25) is 0 Å². The Morgan fingerprint density at radius 2 is 1.56 bits per heavy atom. The molecule has 3 heterocycles. The minimum Gasteiger partial charge on any atom is -0.458 e. The highest BCUT2D eigenvalue weighted by molar-refractivity contribution is 5.85. The van der Waals surface area contributed by atoms with E-state index in [0.717, 1.165) is 63.4 Å². The van der Waals surface area contributed by atoms with Crippen LogP contribution in [0.1, 0.15) is 78.6 Å². The van der Waals surface area contributed by atoms with Crippen molar-refractivity contribution in [2.24, 2.45) is 34.5 Å². The van der Waals surface area contributed by atoms with Crippen LogP contribution in [0, 0.1) is 34.5 Å². The Labute approximate surface area is 281 Å². The molecule has 18 atom stereocenters. The van der Waals surface area contributed by atoms with Gasteiger partial charge < -0.3 is 59.4 Å². The van der Waals surface area contributed by atoms with Gasteiger partial charge in [0.25, 0.3) is 0 Å². The number of carbonyl (C=O) groups excluding carboxylic acids is 1. The molecule has 7 N–H and O–H groups in total. The zero-order valence-corrected chi connectivity index (χ0v) is 28.1. The second-order valence-electron chi connectivity index (χ2n) is 16.3. The summed E-state index contributed by atoms with van der Waals surface area (Å²) in [5.74, 6) is 0.825. The number of fused-ring (bicyclic) bond motifs is 5. The summed E-state index contributed by atoms with van der Waals surface area (Å²) in [7, 11) is 0. The molecule has 0 aromatic rings. The third kappa shape index (κ3) is 5.42. The van der Waals surface area contributed by atoms with Gasteiger partial charge in [-0.3, -0.25) is 0 Å². The topological polar surface area (TPSA) is 205 Å². The van der Waals surface area contributed by atoms with Crippen molar-refractivity contribution in [2.45, 2.75) is 152 Å². The summed E-state index contributed by atoms with van der Waals surface area (Å²) in [5, 5.41) is 74.7. The number of cyclic esters (lactones) is 1. The normalized spacial score (nSPS) is 55.3. The van der Waals surface area contributed by atoms with Crippen molar-refractivity contribution in [3.8, 4) is 0 Å². The summed E-state index contributed by atoms with van der Waals surface area (Å²) in [6.45, 7) is 5.97. The van der Waals surface area contributed by atoms with E-state index < -0.39 is 73.6 Å². The third-order valence-electron chi connectivity index (χ3n) is 14.2. The van der Waals surface area contributed by atoms with Crippen LogP contribution in [0.5, 0.6) is 0 Å². The highest BCUT2D eigenvalue weighted by Gasteiger charge is 2.68. The Balaban J connectivity index is 0.977. The standard InChI is InChI=1S/C35H54O13/c1-16-30(48-32-28(41)26(39)25(38)23(14-36)47-32)27(40)29(42)31(45-16)46-19-6-9-33(2)18(13-19)4-5-22-21(33)7-10-34(3)20(8-11-35(22,34)43)17-12-24(37)44-15-17/h12,16,18-23,25-32,36,38-43H,4-11,13-15H2,1-3H3/t16-,18+,19+,20-,21-,22-,23-,25-,26+,27-,28-,29+,30-,31+,32+,33-,34+,35-/m0/s1. The Morgan fingerprint density at radius 3 is 2.27 bits per heavy atom. The second kappa shape index (κ2) is 12.8. The number of hydrogen-bond acceptors (Lipinski definition) is 13. The van der Waals surface area contributed by atoms with E-state index in [2.05, 4.69) is 13.8 Å². The van der Waals surface area contributed by atoms with Gasteiger partial charge >= 0.3 is 5.97 Å². The maximum absolute atomic E-state index is 12.5. The number of aliphatic hydroxyl groups excluding tert-OH is 6. The van der Waals surface area contributed by atoms with Gasteiger partial charge in [-0.2, -0.15) is 0 Å². The molecule has 0 amide bonds. The predicted octanol–water partition coefficient (Wildman–Crippen LogP) is 0.280. The molecular weight excluding hydrogens is 628 g/mol. The van der Waals surface area contributed by atoms with Crippen LogP contribution in [0.15, 0.2) is 11.6 Å². The van der Waals surface area contributed by atoms with Gasteiger partial charge in [0.05, 0.1) is 24.4 Å². The molecule has 0 unspecified atom stereocenters. The Morgan fingerprint density at radius 1 is 0.833 bits per heavy atom. The zero-order chi connectivity index (χ0) is 34.3. The van der Waals surface area contributed by atoms with Crippen LogP contribution in [-0.2, 0) is 28.5 Å². The first-order chi connectivity index (χ1) is 22.7.